The van der Waals surface area contributed by atoms with Crippen LogP contribution >= 0.6 is 21.3 Å². The maximum Gasteiger partial charge on any atom is 0.472 e. The van der Waals surface area contributed by atoms with Crippen LogP contribution in [-0.2, 0) is 13.6 Å². The van der Waals surface area contributed by atoms with E-state index in [0.29, 0.717) is 25.0 Å². The predicted octanol–water partition coefficient (Wildman–Crippen LogP) is 5.67. The zero-order chi connectivity index (χ0) is 16.1. The molecule has 0 fully saturated rings. The smallest absolute Gasteiger partial charge is 0.302 e. The summed E-state index contributed by atoms with van der Waals surface area (Å²) in [6, 6.07) is 0. The zero-order valence-corrected chi connectivity index (χ0v) is 16.7. The quantitative estimate of drug-likeness (QED) is 0.408. The normalized spacial score (nSPS) is 16.6. The molecule has 2 atom stereocenters. The fraction of sp³-hybridized carbons (Fsp3) is 1.00. The van der Waals surface area contributed by atoms with Crippen LogP contribution < -0.4 is 0 Å². The van der Waals surface area contributed by atoms with Crippen LogP contribution in [0, 0.1) is 11.8 Å². The Kier molecular flexibility index (Phi) is 16.9. The van der Waals surface area contributed by atoms with Crippen molar-refractivity contribution in [1.82, 2.24) is 0 Å². The lowest BCUT2D eigenvalue weighted by Crippen LogP contribution is -2.12. The minimum absolute atomic E-state index is 0. The van der Waals surface area contributed by atoms with E-state index in [0.717, 1.165) is 51.4 Å². The van der Waals surface area contributed by atoms with E-state index in [1.54, 1.807) is 0 Å². The Hall–Kier alpha value is 0.460. The van der Waals surface area contributed by atoms with Gasteiger partial charge in [-0.3, -0.25) is 9.05 Å². The molecule has 0 spiro atoms. The lowest BCUT2D eigenvalue weighted by molar-refractivity contribution is 0.110. The van der Waals surface area contributed by atoms with E-state index in [1.165, 1.54) is 0 Å². The molecule has 0 aliphatic heterocycles. The summed E-state index contributed by atoms with van der Waals surface area (Å²) in [5, 5.41) is 0. The van der Waals surface area contributed by atoms with Crippen molar-refractivity contribution in [1.29, 1.82) is 0 Å². The van der Waals surface area contributed by atoms with E-state index in [1.807, 2.05) is 0 Å². The van der Waals surface area contributed by atoms with Crippen molar-refractivity contribution in [2.24, 2.45) is 11.8 Å². The van der Waals surface area contributed by atoms with Gasteiger partial charge in [-0.1, -0.05) is 66.2 Å². The van der Waals surface area contributed by atoms with Crippen LogP contribution in [0.2, 0.25) is 0 Å². The minimum atomic E-state index is -3.89. The molecule has 0 radical (unpaired) electrons. The topological polar surface area (TPSA) is 55.8 Å². The lowest BCUT2D eigenvalue weighted by Gasteiger charge is -2.20. The summed E-state index contributed by atoms with van der Waals surface area (Å²) in [7, 11) is -3.89. The van der Waals surface area contributed by atoms with Gasteiger partial charge in [-0.25, -0.2) is 4.57 Å². The van der Waals surface area contributed by atoms with Gasteiger partial charge in [0.15, 0.2) is 0 Å². The van der Waals surface area contributed by atoms with E-state index < -0.39 is 7.82 Å². The van der Waals surface area contributed by atoms with Gasteiger partial charge in [0, 0.05) is 0 Å². The predicted molar refractivity (Wildman–Crippen MR) is 98.7 cm³/mol. The Morgan fingerprint density at radius 3 is 1.50 bits per heavy atom. The summed E-state index contributed by atoms with van der Waals surface area (Å²) in [4.78, 5) is 9.77. The molecular weight excluding hydrogens is 319 g/mol. The third kappa shape index (κ3) is 13.0. The fourth-order valence-electron chi connectivity index (χ4n) is 2.23. The number of phosphoric acid groups is 1. The Balaban J connectivity index is 0. The van der Waals surface area contributed by atoms with Gasteiger partial charge in [0.25, 0.3) is 0 Å². The molecule has 1 N–H and O–H groups in total. The second-order valence-corrected chi connectivity index (χ2v) is 7.35. The van der Waals surface area contributed by atoms with Crippen LogP contribution in [0.15, 0.2) is 0 Å². The van der Waals surface area contributed by atoms with E-state index in [2.05, 4.69) is 27.7 Å². The molecule has 136 valence electrons. The number of hydrogen-bond acceptors (Lipinski definition) is 3. The van der Waals surface area contributed by atoms with E-state index >= 15 is 0 Å². The van der Waals surface area contributed by atoms with Crippen LogP contribution in [0.5, 0.6) is 0 Å². The molecule has 0 aliphatic rings. The molecule has 0 bridgehead atoms. The molecule has 0 aromatic rings. The van der Waals surface area contributed by atoms with Crippen molar-refractivity contribution in [3.8, 4) is 0 Å². The highest BCUT2D eigenvalue weighted by molar-refractivity contribution is 7.59. The van der Waals surface area contributed by atoms with Gasteiger partial charge in [-0.2, -0.15) is 13.5 Å². The van der Waals surface area contributed by atoms with Gasteiger partial charge >= 0.3 is 7.82 Å². The number of phosphoric ester groups is 1. The summed E-state index contributed by atoms with van der Waals surface area (Å²) in [5.74, 6) is 0.687. The molecule has 0 aromatic carbocycles. The van der Waals surface area contributed by atoms with Crippen LogP contribution in [0.3, 0.4) is 0 Å². The maximum atomic E-state index is 11.9. The molecule has 6 heteroatoms. The number of rotatable bonds is 14. The largest absolute Gasteiger partial charge is 0.472 e. The molecular formula is C16H37O4PS. The molecule has 0 saturated heterocycles. The zero-order valence-electron chi connectivity index (χ0n) is 14.8. The highest BCUT2D eigenvalue weighted by Gasteiger charge is 2.24. The Labute approximate surface area is 144 Å². The first-order chi connectivity index (χ1) is 9.99. The van der Waals surface area contributed by atoms with Crippen LogP contribution in [-0.4, -0.2) is 18.1 Å². The monoisotopic (exact) mass is 356 g/mol. The van der Waals surface area contributed by atoms with Crippen LogP contribution in [0.4, 0.5) is 0 Å². The first-order valence-corrected chi connectivity index (χ1v) is 10.1. The molecule has 0 rings (SSSR count). The number of unbranched alkanes of at least 4 members (excludes halogenated alkanes) is 2. The van der Waals surface area contributed by atoms with E-state index in [-0.39, 0.29) is 13.5 Å². The first-order valence-electron chi connectivity index (χ1n) is 8.60. The van der Waals surface area contributed by atoms with Crippen LogP contribution in [0.25, 0.3) is 0 Å². The summed E-state index contributed by atoms with van der Waals surface area (Å²) in [5.41, 5.74) is 0. The van der Waals surface area contributed by atoms with Gasteiger partial charge in [-0.05, 0) is 24.7 Å². The molecule has 4 nitrogen and oxygen atoms in total. The Morgan fingerprint density at radius 2 is 1.23 bits per heavy atom. The Bertz CT molecular complexity index is 265. The van der Waals surface area contributed by atoms with Crippen molar-refractivity contribution < 1.29 is 18.5 Å². The minimum Gasteiger partial charge on any atom is -0.302 e. The van der Waals surface area contributed by atoms with Gasteiger partial charge in [0.1, 0.15) is 0 Å². The third-order valence-electron chi connectivity index (χ3n) is 4.03. The average Bonchev–Trinajstić information content (AvgIpc) is 2.47. The average molecular weight is 357 g/mol. The van der Waals surface area contributed by atoms with Crippen molar-refractivity contribution in [3.63, 3.8) is 0 Å². The molecule has 0 amide bonds. The molecule has 0 aliphatic carbocycles. The summed E-state index contributed by atoms with van der Waals surface area (Å²) < 4.78 is 22.2. The second-order valence-electron chi connectivity index (χ2n) is 5.89. The van der Waals surface area contributed by atoms with Gasteiger partial charge in [0.05, 0.1) is 13.2 Å². The summed E-state index contributed by atoms with van der Waals surface area (Å²) in [6.45, 7) is 9.10. The summed E-state index contributed by atoms with van der Waals surface area (Å²) in [6.07, 6.45) is 8.56. The lowest BCUT2D eigenvalue weighted by atomic mass is 10.0. The van der Waals surface area contributed by atoms with Gasteiger partial charge < -0.3 is 4.89 Å². The third-order valence-corrected chi connectivity index (χ3v) is 4.98. The van der Waals surface area contributed by atoms with E-state index in [4.69, 9.17) is 9.05 Å². The highest BCUT2D eigenvalue weighted by atomic mass is 32.1. The van der Waals surface area contributed by atoms with Crippen molar-refractivity contribution in [2.75, 3.05) is 13.2 Å². The summed E-state index contributed by atoms with van der Waals surface area (Å²) >= 11 is 0. The maximum absolute atomic E-state index is 11.9. The van der Waals surface area contributed by atoms with Gasteiger partial charge in [0.2, 0.25) is 0 Å². The van der Waals surface area contributed by atoms with Crippen molar-refractivity contribution >= 4 is 21.3 Å². The van der Waals surface area contributed by atoms with Crippen molar-refractivity contribution in [3.05, 3.63) is 0 Å². The van der Waals surface area contributed by atoms with Crippen molar-refractivity contribution in [2.45, 2.75) is 79.1 Å². The van der Waals surface area contributed by atoms with E-state index in [9.17, 15) is 9.46 Å². The SMILES string of the molecule is CCCCC(CC)COP(=O)(O)OCC(CC)CCCC.S. The molecule has 2 unspecified atom stereocenters. The fourth-order valence-corrected chi connectivity index (χ4v) is 3.11. The number of hydrogen-bond donors (Lipinski definition) is 1. The highest BCUT2D eigenvalue weighted by Crippen LogP contribution is 2.44. The molecule has 0 heterocycles. The van der Waals surface area contributed by atoms with Crippen LogP contribution in [0.1, 0.15) is 79.1 Å². The second kappa shape index (κ2) is 15.0. The standard InChI is InChI=1S/C16H35O4P.H2S/c1-5-9-11-15(7-3)13-19-21(17,18)20-14-16(8-4)12-10-6-2;/h15-16H,5-14H2,1-4H3,(H,17,18);1H2. The first kappa shape index (κ1) is 24.7. The Morgan fingerprint density at radius 1 is 0.864 bits per heavy atom. The van der Waals surface area contributed by atoms with Gasteiger partial charge in [-0.15, -0.1) is 0 Å². The molecule has 0 aromatic heterocycles. The molecule has 0 saturated carbocycles. The molecule has 22 heavy (non-hydrogen) atoms.